The molecule has 1 aromatic carbocycles. The second-order valence-corrected chi connectivity index (χ2v) is 4.77. The Bertz CT molecular complexity index is 738. The van der Waals surface area contributed by atoms with Gasteiger partial charge in [0.05, 0.1) is 32.2 Å². The quantitative estimate of drug-likeness (QED) is 0.490. The molecule has 134 valence electrons. The highest BCUT2D eigenvalue weighted by Crippen LogP contribution is 2.30. The van der Waals surface area contributed by atoms with Crippen LogP contribution in [0.5, 0.6) is 5.75 Å². The Labute approximate surface area is 145 Å². The van der Waals surface area contributed by atoms with Gasteiger partial charge in [0.25, 0.3) is 0 Å². The molecule has 0 aliphatic heterocycles. The van der Waals surface area contributed by atoms with Crippen molar-refractivity contribution in [2.45, 2.75) is 6.92 Å². The van der Waals surface area contributed by atoms with Gasteiger partial charge in [-0.25, -0.2) is 9.78 Å². The molecule has 0 radical (unpaired) electrons. The lowest BCUT2D eigenvalue weighted by Gasteiger charge is -2.15. The Morgan fingerprint density at radius 2 is 2.04 bits per heavy atom. The monoisotopic (exact) mass is 347 g/mol. The van der Waals surface area contributed by atoms with Crippen LogP contribution in [0.1, 0.15) is 17.3 Å². The molecule has 2 rings (SSSR count). The third-order valence-corrected chi connectivity index (χ3v) is 3.20. The first-order valence-corrected chi connectivity index (χ1v) is 7.58. The summed E-state index contributed by atoms with van der Waals surface area (Å²) in [6.07, 6.45) is 1.41. The molecule has 2 aromatic rings. The number of carbonyl (C=O) groups excluding carboxylic acids is 1. The van der Waals surface area contributed by atoms with Crippen molar-refractivity contribution < 1.29 is 19.1 Å². The molecule has 9 heteroatoms. The van der Waals surface area contributed by atoms with Crippen LogP contribution in [0.15, 0.2) is 24.4 Å². The van der Waals surface area contributed by atoms with Crippen molar-refractivity contribution in [2.75, 3.05) is 44.0 Å². The molecule has 0 saturated carbocycles. The maximum Gasteiger partial charge on any atom is 0.343 e. The van der Waals surface area contributed by atoms with E-state index in [0.717, 1.165) is 0 Å². The maximum absolute atomic E-state index is 12.1. The van der Waals surface area contributed by atoms with Gasteiger partial charge in [-0.2, -0.15) is 4.98 Å². The van der Waals surface area contributed by atoms with Crippen molar-refractivity contribution in [1.82, 2.24) is 9.97 Å². The summed E-state index contributed by atoms with van der Waals surface area (Å²) >= 11 is 0. The maximum atomic E-state index is 12.1. The zero-order valence-electron chi connectivity index (χ0n) is 14.5. The molecule has 0 saturated heterocycles. The van der Waals surface area contributed by atoms with Gasteiger partial charge in [-0.15, -0.1) is 0 Å². The Morgan fingerprint density at radius 1 is 1.24 bits per heavy atom. The summed E-state index contributed by atoms with van der Waals surface area (Å²) in [6, 6.07) is 5.29. The minimum atomic E-state index is -0.512. The summed E-state index contributed by atoms with van der Waals surface area (Å²) < 4.78 is 10.3. The molecule has 1 heterocycles. The molecular formula is C16H21N5O4. The van der Waals surface area contributed by atoms with Gasteiger partial charge in [-0.1, -0.05) is 0 Å². The second kappa shape index (κ2) is 8.69. The summed E-state index contributed by atoms with van der Waals surface area (Å²) in [4.78, 5) is 25.5. The average molecular weight is 347 g/mol. The molecule has 0 atom stereocenters. The van der Waals surface area contributed by atoms with Crippen molar-refractivity contribution in [3.8, 4) is 5.75 Å². The molecule has 0 fully saturated rings. The average Bonchev–Trinajstić information content (AvgIpc) is 2.63. The van der Waals surface area contributed by atoms with Crippen molar-refractivity contribution in [3.63, 3.8) is 0 Å². The lowest BCUT2D eigenvalue weighted by molar-refractivity contribution is 0.0526. The highest BCUT2D eigenvalue weighted by molar-refractivity contribution is 5.96. The van der Waals surface area contributed by atoms with Gasteiger partial charge in [0.1, 0.15) is 11.3 Å². The molecule has 0 unspecified atom stereocenters. The molecule has 0 bridgehead atoms. The van der Waals surface area contributed by atoms with Crippen molar-refractivity contribution in [1.29, 1.82) is 0 Å². The number of hydrogen-bond acceptors (Lipinski definition) is 9. The van der Waals surface area contributed by atoms with Crippen LogP contribution in [-0.4, -0.2) is 43.8 Å². The molecule has 0 aliphatic rings. The number of benzene rings is 1. The molecule has 0 aliphatic carbocycles. The van der Waals surface area contributed by atoms with Crippen LogP contribution in [-0.2, 0) is 9.57 Å². The summed E-state index contributed by atoms with van der Waals surface area (Å²) in [5.74, 6) is 0.809. The molecular weight excluding hydrogens is 326 g/mol. The number of nitrogens with zero attached hydrogens (tertiary/aromatic N) is 2. The van der Waals surface area contributed by atoms with E-state index in [-0.39, 0.29) is 12.2 Å². The first-order valence-electron chi connectivity index (χ1n) is 7.58. The van der Waals surface area contributed by atoms with Crippen molar-refractivity contribution >= 4 is 29.1 Å². The summed E-state index contributed by atoms with van der Waals surface area (Å²) in [5.41, 5.74) is 4.22. The fourth-order valence-corrected chi connectivity index (χ4v) is 2.04. The zero-order chi connectivity index (χ0) is 18.2. The summed E-state index contributed by atoms with van der Waals surface area (Å²) in [5, 5.41) is 5.94. The number of aromatic nitrogens is 2. The van der Waals surface area contributed by atoms with E-state index in [2.05, 4.69) is 26.1 Å². The van der Waals surface area contributed by atoms with E-state index in [0.29, 0.717) is 28.9 Å². The predicted octanol–water partition coefficient (Wildman–Crippen LogP) is 2.42. The lowest BCUT2D eigenvalue weighted by atomic mass is 10.2. The van der Waals surface area contributed by atoms with Gasteiger partial charge in [-0.3, -0.25) is 10.3 Å². The van der Waals surface area contributed by atoms with Crippen LogP contribution in [0, 0.1) is 0 Å². The highest BCUT2D eigenvalue weighted by Gasteiger charge is 2.17. The zero-order valence-corrected chi connectivity index (χ0v) is 14.5. The fourth-order valence-electron chi connectivity index (χ4n) is 2.04. The summed E-state index contributed by atoms with van der Waals surface area (Å²) in [6.45, 7) is 1.99. The van der Waals surface area contributed by atoms with E-state index in [1.807, 2.05) is 0 Å². The second-order valence-electron chi connectivity index (χ2n) is 4.77. The summed E-state index contributed by atoms with van der Waals surface area (Å²) in [7, 11) is 4.76. The minimum Gasteiger partial charge on any atom is -0.497 e. The molecule has 9 nitrogen and oxygen atoms in total. The van der Waals surface area contributed by atoms with Gasteiger partial charge in [0, 0.05) is 19.3 Å². The topological polar surface area (TPSA) is 107 Å². The first-order chi connectivity index (χ1) is 12.1. The van der Waals surface area contributed by atoms with Crippen molar-refractivity contribution in [3.05, 3.63) is 30.0 Å². The van der Waals surface area contributed by atoms with Crippen LogP contribution in [0.3, 0.4) is 0 Å². The van der Waals surface area contributed by atoms with Crippen molar-refractivity contribution in [2.24, 2.45) is 0 Å². The molecule has 0 amide bonds. The Balaban J connectivity index is 2.42. The Kier molecular flexibility index (Phi) is 6.35. The van der Waals surface area contributed by atoms with Gasteiger partial charge in [-0.05, 0) is 19.1 Å². The normalized spacial score (nSPS) is 10.1. The third-order valence-electron chi connectivity index (χ3n) is 3.20. The standard InChI is InChI=1S/C16H21N5O4/c1-5-25-15(22)11-9-18-16(17-2)20-14(11)19-12-7-6-10(23-3)8-13(12)21-24-4/h6-9,21H,5H2,1-4H3,(H2,17,18,19,20). The van der Waals surface area contributed by atoms with Crippen LogP contribution in [0.4, 0.5) is 23.1 Å². The largest absolute Gasteiger partial charge is 0.497 e. The SMILES string of the molecule is CCOC(=O)c1cnc(NC)nc1Nc1ccc(OC)cc1NOC. The minimum absolute atomic E-state index is 0.222. The number of nitrogens with one attached hydrogen (secondary N) is 3. The molecule has 25 heavy (non-hydrogen) atoms. The third kappa shape index (κ3) is 4.48. The van der Waals surface area contributed by atoms with Gasteiger partial charge in [0.15, 0.2) is 5.82 Å². The smallest absolute Gasteiger partial charge is 0.343 e. The van der Waals surface area contributed by atoms with E-state index in [9.17, 15) is 4.79 Å². The van der Waals surface area contributed by atoms with Crippen LogP contribution >= 0.6 is 0 Å². The highest BCUT2D eigenvalue weighted by atomic mass is 16.6. The number of anilines is 4. The number of hydrogen-bond donors (Lipinski definition) is 3. The molecule has 3 N–H and O–H groups in total. The van der Waals surface area contributed by atoms with Gasteiger partial charge in [0.2, 0.25) is 5.95 Å². The van der Waals surface area contributed by atoms with E-state index in [4.69, 9.17) is 14.3 Å². The van der Waals surface area contributed by atoms with E-state index in [1.165, 1.54) is 13.3 Å². The van der Waals surface area contributed by atoms with Crippen LogP contribution in [0.25, 0.3) is 0 Å². The number of ether oxygens (including phenoxy) is 2. The number of rotatable bonds is 8. The Hall–Kier alpha value is -3.07. The van der Waals surface area contributed by atoms with E-state index >= 15 is 0 Å². The lowest BCUT2D eigenvalue weighted by Crippen LogP contribution is -2.12. The van der Waals surface area contributed by atoms with Crippen LogP contribution in [0.2, 0.25) is 0 Å². The van der Waals surface area contributed by atoms with Crippen LogP contribution < -0.4 is 20.9 Å². The predicted molar refractivity (Wildman–Crippen MR) is 94.4 cm³/mol. The van der Waals surface area contributed by atoms with Gasteiger partial charge >= 0.3 is 5.97 Å². The van der Waals surface area contributed by atoms with E-state index in [1.54, 1.807) is 39.3 Å². The number of methoxy groups -OCH3 is 1. The molecule has 0 spiro atoms. The van der Waals surface area contributed by atoms with E-state index < -0.39 is 5.97 Å². The first kappa shape index (κ1) is 18.3. The fraction of sp³-hybridized carbons (Fsp3) is 0.312. The van der Waals surface area contributed by atoms with Gasteiger partial charge < -0.3 is 20.1 Å². The Morgan fingerprint density at radius 3 is 2.68 bits per heavy atom. The molecule has 1 aromatic heterocycles. The number of carbonyl (C=O) groups is 1. The number of esters is 1.